The van der Waals surface area contributed by atoms with Gasteiger partial charge in [-0.2, -0.15) is 4.98 Å². The van der Waals surface area contributed by atoms with E-state index in [9.17, 15) is 10.1 Å². The molecule has 0 saturated carbocycles. The fourth-order valence-corrected chi connectivity index (χ4v) is 4.52. The van der Waals surface area contributed by atoms with Gasteiger partial charge in [0.05, 0.1) is 16.1 Å². The lowest BCUT2D eigenvalue weighted by atomic mass is 10.0. The van der Waals surface area contributed by atoms with Crippen LogP contribution in [0.15, 0.2) is 77.3 Å². The van der Waals surface area contributed by atoms with E-state index in [2.05, 4.69) is 15.1 Å². The predicted octanol–water partition coefficient (Wildman–Crippen LogP) is 7.44. The van der Waals surface area contributed by atoms with E-state index in [0.29, 0.717) is 11.1 Å². The zero-order valence-electron chi connectivity index (χ0n) is 22.1. The van der Waals surface area contributed by atoms with Crippen LogP contribution in [0.1, 0.15) is 27.9 Å². The molecule has 0 unspecified atom stereocenters. The van der Waals surface area contributed by atoms with Gasteiger partial charge >= 0.3 is 5.69 Å². The molecule has 5 aromatic rings. The van der Waals surface area contributed by atoms with Crippen molar-refractivity contribution in [2.24, 2.45) is 0 Å². The first-order chi connectivity index (χ1) is 19.3. The molecule has 0 N–H and O–H groups in total. The number of rotatable bonds is 9. The Hall–Kier alpha value is -4.76. The number of aromatic nitrogens is 3. The van der Waals surface area contributed by atoms with E-state index in [-0.39, 0.29) is 47.3 Å². The average Bonchev–Trinajstić information content (AvgIpc) is 3.44. The third-order valence-electron chi connectivity index (χ3n) is 6.54. The lowest BCUT2D eigenvalue weighted by Crippen LogP contribution is -2.04. The van der Waals surface area contributed by atoms with E-state index in [1.165, 1.54) is 6.07 Å². The van der Waals surface area contributed by atoms with Crippen LogP contribution in [0.2, 0.25) is 5.15 Å². The molecule has 0 saturated heterocycles. The van der Waals surface area contributed by atoms with E-state index < -0.39 is 4.92 Å². The summed E-state index contributed by atoms with van der Waals surface area (Å²) in [5, 5.41) is 16.6. The van der Waals surface area contributed by atoms with Crippen molar-refractivity contribution in [2.75, 3.05) is 0 Å². The number of nitrogens with zero attached hydrogens (tertiary/aromatic N) is 4. The molecule has 10 heteroatoms. The predicted molar refractivity (Wildman–Crippen MR) is 150 cm³/mol. The number of benzene rings is 3. The second-order valence-electron chi connectivity index (χ2n) is 9.16. The summed E-state index contributed by atoms with van der Waals surface area (Å²) in [5.74, 6) is 0.467. The number of hydrogen-bond acceptors (Lipinski definition) is 8. The Bertz CT molecular complexity index is 1670. The van der Waals surface area contributed by atoms with E-state index in [1.54, 1.807) is 6.07 Å². The molecular weight excluding hydrogens is 532 g/mol. The van der Waals surface area contributed by atoms with E-state index in [1.807, 2.05) is 81.4 Å². The molecule has 0 aliphatic carbocycles. The minimum Gasteiger partial charge on any atom is -0.485 e. The third kappa shape index (κ3) is 5.64. The van der Waals surface area contributed by atoms with Gasteiger partial charge in [-0.3, -0.25) is 10.1 Å². The molecule has 0 fully saturated rings. The van der Waals surface area contributed by atoms with Crippen molar-refractivity contribution in [1.82, 2.24) is 15.1 Å². The molecule has 0 amide bonds. The summed E-state index contributed by atoms with van der Waals surface area (Å²) in [6.45, 7) is 6.00. The number of nitro benzene ring substituents is 1. The number of aryl methyl sites for hydroxylation is 1. The number of ether oxygens (including phenoxy) is 2. The number of hydrogen-bond donors (Lipinski definition) is 0. The van der Waals surface area contributed by atoms with Gasteiger partial charge in [-0.15, -0.1) is 0 Å². The van der Waals surface area contributed by atoms with Gasteiger partial charge in [-0.05, 0) is 49.1 Å². The minimum atomic E-state index is -0.523. The summed E-state index contributed by atoms with van der Waals surface area (Å²) in [5.41, 5.74) is 4.91. The molecule has 0 aliphatic heterocycles. The maximum absolute atomic E-state index is 12.2. The van der Waals surface area contributed by atoms with Gasteiger partial charge in [0.15, 0.2) is 5.75 Å². The fraction of sp³-hybridized carbons (Fsp3) is 0.167. The highest BCUT2D eigenvalue weighted by molar-refractivity contribution is 6.32. The van der Waals surface area contributed by atoms with Crippen LogP contribution in [0.3, 0.4) is 0 Å². The quantitative estimate of drug-likeness (QED) is 0.104. The van der Waals surface area contributed by atoms with Gasteiger partial charge in [-0.25, -0.2) is 4.98 Å². The summed E-state index contributed by atoms with van der Waals surface area (Å²) >= 11 is 6.44. The van der Waals surface area contributed by atoms with Crippen LogP contribution in [0, 0.1) is 30.9 Å². The van der Waals surface area contributed by atoms with Crippen molar-refractivity contribution in [2.45, 2.75) is 34.0 Å². The second kappa shape index (κ2) is 11.5. The average molecular weight is 557 g/mol. The molecule has 0 bridgehead atoms. The Morgan fingerprint density at radius 3 is 2.12 bits per heavy atom. The van der Waals surface area contributed by atoms with Crippen molar-refractivity contribution in [3.8, 4) is 34.3 Å². The molecule has 2 aromatic heterocycles. The highest BCUT2D eigenvalue weighted by atomic mass is 35.5. The van der Waals surface area contributed by atoms with Crippen LogP contribution < -0.4 is 9.47 Å². The maximum atomic E-state index is 12.2. The number of halogens is 1. The Balaban J connectivity index is 1.56. The van der Waals surface area contributed by atoms with Crippen LogP contribution in [0.25, 0.3) is 22.8 Å². The molecule has 3 aromatic carbocycles. The molecular formula is C30H25ClN4O5. The minimum absolute atomic E-state index is 0.00511. The Morgan fingerprint density at radius 1 is 0.875 bits per heavy atom. The first-order valence-electron chi connectivity index (χ1n) is 12.5. The molecule has 9 nitrogen and oxygen atoms in total. The van der Waals surface area contributed by atoms with Crippen LogP contribution in [-0.4, -0.2) is 20.0 Å². The third-order valence-corrected chi connectivity index (χ3v) is 6.82. The summed E-state index contributed by atoms with van der Waals surface area (Å²) in [4.78, 5) is 20.6. The highest BCUT2D eigenvalue weighted by Gasteiger charge is 2.26. The number of pyridine rings is 1. The lowest BCUT2D eigenvalue weighted by Gasteiger charge is -2.14. The lowest BCUT2D eigenvalue weighted by molar-refractivity contribution is -0.386. The van der Waals surface area contributed by atoms with Gasteiger partial charge in [0.2, 0.25) is 11.6 Å². The van der Waals surface area contributed by atoms with E-state index in [0.717, 1.165) is 27.9 Å². The summed E-state index contributed by atoms with van der Waals surface area (Å²) in [6, 6.07) is 21.8. The van der Waals surface area contributed by atoms with E-state index in [4.69, 9.17) is 25.6 Å². The Labute approximate surface area is 235 Å². The first kappa shape index (κ1) is 26.8. The first-order valence-corrected chi connectivity index (χ1v) is 12.8. The van der Waals surface area contributed by atoms with Crippen molar-refractivity contribution in [3.05, 3.63) is 116 Å². The smallest absolute Gasteiger partial charge is 0.315 e. The molecule has 0 atom stereocenters. The van der Waals surface area contributed by atoms with Crippen LogP contribution in [0.5, 0.6) is 11.5 Å². The van der Waals surface area contributed by atoms with Crippen molar-refractivity contribution in [1.29, 1.82) is 0 Å². The molecule has 0 aliphatic rings. The van der Waals surface area contributed by atoms with Gasteiger partial charge in [0.25, 0.3) is 5.89 Å². The van der Waals surface area contributed by atoms with Crippen molar-refractivity contribution in [3.63, 3.8) is 0 Å². The monoisotopic (exact) mass is 556 g/mol. The largest absolute Gasteiger partial charge is 0.485 e. The molecule has 0 spiro atoms. The SMILES string of the molecule is Cc1nc(Cl)c(-c2noc(-c3cc(OCc4ccccc4)c(OCc4ccccc4)c([N+](=O)[O-])c3)n2)c(C)c1C. The van der Waals surface area contributed by atoms with Crippen LogP contribution in [-0.2, 0) is 13.2 Å². The summed E-state index contributed by atoms with van der Waals surface area (Å²) < 4.78 is 17.6. The number of nitro groups is 1. The summed E-state index contributed by atoms with van der Waals surface area (Å²) in [6.07, 6.45) is 0. The van der Waals surface area contributed by atoms with Gasteiger partial charge in [0, 0.05) is 11.8 Å². The zero-order valence-corrected chi connectivity index (χ0v) is 22.8. The highest BCUT2D eigenvalue weighted by Crippen LogP contribution is 2.42. The molecule has 202 valence electrons. The fourth-order valence-electron chi connectivity index (χ4n) is 4.17. The topological polar surface area (TPSA) is 113 Å². The molecule has 0 radical (unpaired) electrons. The van der Waals surface area contributed by atoms with Gasteiger partial charge in [0.1, 0.15) is 18.4 Å². The van der Waals surface area contributed by atoms with Crippen molar-refractivity contribution < 1.29 is 18.9 Å². The molecule has 40 heavy (non-hydrogen) atoms. The second-order valence-corrected chi connectivity index (χ2v) is 9.52. The molecule has 5 rings (SSSR count). The van der Waals surface area contributed by atoms with Gasteiger partial charge < -0.3 is 14.0 Å². The van der Waals surface area contributed by atoms with E-state index >= 15 is 0 Å². The van der Waals surface area contributed by atoms with Crippen LogP contribution in [0.4, 0.5) is 5.69 Å². The standard InChI is InChI=1S/C30H25ClN4O5/c1-18-19(2)26(28(31)32-20(18)3)29-33-30(40-34-29)23-14-24(35(36)37)27(39-17-22-12-8-5-9-13-22)25(15-23)38-16-21-10-6-4-7-11-21/h4-15H,16-17H2,1-3H3. The Kier molecular flexibility index (Phi) is 7.75. The normalized spacial score (nSPS) is 10.9. The van der Waals surface area contributed by atoms with Crippen LogP contribution >= 0.6 is 11.6 Å². The Morgan fingerprint density at radius 2 is 1.50 bits per heavy atom. The maximum Gasteiger partial charge on any atom is 0.315 e. The van der Waals surface area contributed by atoms with Crippen molar-refractivity contribution >= 4 is 17.3 Å². The summed E-state index contributed by atoms with van der Waals surface area (Å²) in [7, 11) is 0. The van der Waals surface area contributed by atoms with Gasteiger partial charge in [-0.1, -0.05) is 77.4 Å². The zero-order chi connectivity index (χ0) is 28.2. The molecule has 2 heterocycles.